The molecule has 3 rings (SSSR count). The van der Waals surface area contributed by atoms with Gasteiger partial charge in [0, 0.05) is 46.0 Å². The number of guanidine groups is 1. The van der Waals surface area contributed by atoms with Crippen molar-refractivity contribution in [3.05, 3.63) is 60.2 Å². The molecule has 0 saturated carbocycles. The number of para-hydroxylation sites is 1. The van der Waals surface area contributed by atoms with Crippen LogP contribution >= 0.6 is 24.0 Å². The highest BCUT2D eigenvalue weighted by Crippen LogP contribution is 2.16. The summed E-state index contributed by atoms with van der Waals surface area (Å²) in [6.07, 6.45) is 0. The smallest absolute Gasteiger partial charge is 0.241 e. The van der Waals surface area contributed by atoms with Crippen LogP contribution in [0.15, 0.2) is 59.6 Å². The molecule has 1 aliphatic heterocycles. The Kier molecular flexibility index (Phi) is 9.90. The molecule has 1 N–H and O–H groups in total. The lowest BCUT2D eigenvalue weighted by atomic mass is 10.2. The summed E-state index contributed by atoms with van der Waals surface area (Å²) < 4.78 is 5.22. The highest BCUT2D eigenvalue weighted by atomic mass is 127. The van der Waals surface area contributed by atoms with Crippen LogP contribution in [0, 0.1) is 0 Å². The molecule has 0 unspecified atom stereocenters. The third-order valence-electron chi connectivity index (χ3n) is 5.17. The summed E-state index contributed by atoms with van der Waals surface area (Å²) in [7, 11) is 5.18. The SMILES string of the molecule is COc1ccc(CN=C(NCC(=O)N(C)C)N2CCN(c3ccccc3)CC2)cc1.I. The van der Waals surface area contributed by atoms with Crippen molar-refractivity contribution in [2.24, 2.45) is 4.99 Å². The van der Waals surface area contributed by atoms with Crippen LogP contribution in [-0.4, -0.2) is 75.6 Å². The molecule has 31 heavy (non-hydrogen) atoms. The molecule has 2 aromatic rings. The van der Waals surface area contributed by atoms with Gasteiger partial charge < -0.3 is 24.8 Å². The maximum absolute atomic E-state index is 12.1. The van der Waals surface area contributed by atoms with Crippen molar-refractivity contribution < 1.29 is 9.53 Å². The molecule has 0 radical (unpaired) electrons. The summed E-state index contributed by atoms with van der Waals surface area (Å²) in [5.41, 5.74) is 2.33. The molecule has 2 aromatic carbocycles. The average Bonchev–Trinajstić information content (AvgIpc) is 2.80. The first-order chi connectivity index (χ1) is 14.6. The maximum atomic E-state index is 12.1. The molecule has 0 atom stereocenters. The molecule has 1 amide bonds. The van der Waals surface area contributed by atoms with Crippen molar-refractivity contribution in [2.75, 3.05) is 58.8 Å². The number of carbonyl (C=O) groups excluding carboxylic acids is 1. The Morgan fingerprint density at radius 1 is 1.03 bits per heavy atom. The zero-order valence-electron chi connectivity index (χ0n) is 18.5. The van der Waals surface area contributed by atoms with E-state index in [1.807, 2.05) is 30.3 Å². The Morgan fingerprint density at radius 2 is 1.68 bits per heavy atom. The minimum absolute atomic E-state index is 0. The van der Waals surface area contributed by atoms with Crippen LogP contribution < -0.4 is 15.0 Å². The number of rotatable bonds is 6. The van der Waals surface area contributed by atoms with Gasteiger partial charge in [0.05, 0.1) is 20.2 Å². The molecule has 1 heterocycles. The zero-order chi connectivity index (χ0) is 21.3. The zero-order valence-corrected chi connectivity index (χ0v) is 20.8. The molecule has 1 saturated heterocycles. The minimum atomic E-state index is 0. The second-order valence-electron chi connectivity index (χ2n) is 7.44. The molecule has 8 heteroatoms. The number of nitrogens with one attached hydrogen (secondary N) is 1. The highest BCUT2D eigenvalue weighted by Gasteiger charge is 2.20. The number of aliphatic imine (C=N–C) groups is 1. The van der Waals surface area contributed by atoms with Gasteiger partial charge in [-0.05, 0) is 29.8 Å². The lowest BCUT2D eigenvalue weighted by Gasteiger charge is -2.37. The summed E-state index contributed by atoms with van der Waals surface area (Å²) in [5.74, 6) is 1.62. The Hall–Kier alpha value is -2.49. The molecule has 0 aromatic heterocycles. The monoisotopic (exact) mass is 537 g/mol. The van der Waals surface area contributed by atoms with Gasteiger partial charge in [-0.2, -0.15) is 0 Å². The minimum Gasteiger partial charge on any atom is -0.497 e. The van der Waals surface area contributed by atoms with Gasteiger partial charge in [-0.25, -0.2) is 4.99 Å². The van der Waals surface area contributed by atoms with Crippen LogP contribution in [0.1, 0.15) is 5.56 Å². The number of benzene rings is 2. The number of anilines is 1. The molecule has 7 nitrogen and oxygen atoms in total. The number of nitrogens with zero attached hydrogens (tertiary/aromatic N) is 4. The molecule has 0 bridgehead atoms. The summed E-state index contributed by atoms with van der Waals surface area (Å²) >= 11 is 0. The Labute approximate surface area is 202 Å². The van der Waals surface area contributed by atoms with E-state index in [9.17, 15) is 4.79 Å². The fourth-order valence-electron chi connectivity index (χ4n) is 3.29. The van der Waals surface area contributed by atoms with E-state index in [4.69, 9.17) is 9.73 Å². The number of halogens is 1. The van der Waals surface area contributed by atoms with Crippen LogP contribution in [-0.2, 0) is 11.3 Å². The van der Waals surface area contributed by atoms with Gasteiger partial charge in [-0.1, -0.05) is 30.3 Å². The number of likely N-dealkylation sites (N-methyl/N-ethyl adjacent to an activating group) is 1. The Balaban J connectivity index is 0.00000341. The summed E-state index contributed by atoms with van der Waals surface area (Å²) in [4.78, 5) is 23.1. The third kappa shape index (κ3) is 7.30. The topological polar surface area (TPSA) is 60.4 Å². The van der Waals surface area contributed by atoms with Gasteiger partial charge in [0.25, 0.3) is 0 Å². The quantitative estimate of drug-likeness (QED) is 0.349. The van der Waals surface area contributed by atoms with Gasteiger partial charge in [0.15, 0.2) is 5.96 Å². The first-order valence-electron chi connectivity index (χ1n) is 10.2. The number of piperazine rings is 1. The van der Waals surface area contributed by atoms with Crippen molar-refractivity contribution in [1.82, 2.24) is 15.1 Å². The van der Waals surface area contributed by atoms with Crippen molar-refractivity contribution in [1.29, 1.82) is 0 Å². The van der Waals surface area contributed by atoms with Crippen LogP contribution in [0.5, 0.6) is 5.75 Å². The van der Waals surface area contributed by atoms with E-state index in [2.05, 4.69) is 39.4 Å². The first-order valence-corrected chi connectivity index (χ1v) is 10.2. The van der Waals surface area contributed by atoms with Crippen LogP contribution in [0.2, 0.25) is 0 Å². The van der Waals surface area contributed by atoms with Crippen LogP contribution in [0.25, 0.3) is 0 Å². The maximum Gasteiger partial charge on any atom is 0.241 e. The number of ether oxygens (including phenoxy) is 1. The van der Waals surface area contributed by atoms with Crippen LogP contribution in [0.4, 0.5) is 5.69 Å². The van der Waals surface area contributed by atoms with Crippen molar-refractivity contribution in [3.63, 3.8) is 0 Å². The lowest BCUT2D eigenvalue weighted by molar-refractivity contribution is -0.127. The molecular formula is C23H32IN5O2. The lowest BCUT2D eigenvalue weighted by Crippen LogP contribution is -2.53. The average molecular weight is 537 g/mol. The van der Waals surface area contributed by atoms with E-state index in [-0.39, 0.29) is 36.4 Å². The fraction of sp³-hybridized carbons (Fsp3) is 0.391. The molecule has 0 spiro atoms. The van der Waals surface area contributed by atoms with E-state index >= 15 is 0 Å². The third-order valence-corrected chi connectivity index (χ3v) is 5.17. The molecule has 1 fully saturated rings. The van der Waals surface area contributed by atoms with E-state index in [0.29, 0.717) is 6.54 Å². The number of amides is 1. The van der Waals surface area contributed by atoms with Crippen LogP contribution in [0.3, 0.4) is 0 Å². The Morgan fingerprint density at radius 3 is 2.26 bits per heavy atom. The van der Waals surface area contributed by atoms with Crippen molar-refractivity contribution >= 4 is 41.5 Å². The largest absolute Gasteiger partial charge is 0.497 e. The van der Waals surface area contributed by atoms with E-state index in [1.165, 1.54) is 5.69 Å². The first kappa shape index (κ1) is 24.8. The van der Waals surface area contributed by atoms with Gasteiger partial charge >= 0.3 is 0 Å². The normalized spacial score (nSPS) is 14.0. The number of hydrogen-bond donors (Lipinski definition) is 1. The molecule has 0 aliphatic carbocycles. The molecule has 1 aliphatic rings. The summed E-state index contributed by atoms with van der Waals surface area (Å²) in [6, 6.07) is 18.4. The number of hydrogen-bond acceptors (Lipinski definition) is 4. The van der Waals surface area contributed by atoms with E-state index < -0.39 is 0 Å². The van der Waals surface area contributed by atoms with E-state index in [1.54, 1.807) is 26.1 Å². The van der Waals surface area contributed by atoms with Crippen molar-refractivity contribution in [2.45, 2.75) is 6.54 Å². The summed E-state index contributed by atoms with van der Waals surface area (Å²) in [6.45, 7) is 4.29. The molecular weight excluding hydrogens is 505 g/mol. The van der Waals surface area contributed by atoms with Gasteiger partial charge in [0.2, 0.25) is 5.91 Å². The number of methoxy groups -OCH3 is 1. The second-order valence-corrected chi connectivity index (χ2v) is 7.44. The standard InChI is InChI=1S/C23H31N5O2.HI/c1-26(2)22(29)18-25-23(24-17-19-9-11-21(30-3)12-10-19)28-15-13-27(14-16-28)20-7-5-4-6-8-20;/h4-12H,13-18H2,1-3H3,(H,24,25);1H. The predicted octanol–water partition coefficient (Wildman–Crippen LogP) is 2.67. The highest BCUT2D eigenvalue weighted by molar-refractivity contribution is 14.0. The van der Waals surface area contributed by atoms with Gasteiger partial charge in [-0.3, -0.25) is 4.79 Å². The van der Waals surface area contributed by atoms with E-state index in [0.717, 1.165) is 43.5 Å². The fourth-order valence-corrected chi connectivity index (χ4v) is 3.29. The Bertz CT molecular complexity index is 835. The van der Waals surface area contributed by atoms with Gasteiger partial charge in [-0.15, -0.1) is 24.0 Å². The molecule has 168 valence electrons. The van der Waals surface area contributed by atoms with Gasteiger partial charge in [0.1, 0.15) is 5.75 Å². The number of carbonyl (C=O) groups is 1. The summed E-state index contributed by atoms with van der Waals surface area (Å²) in [5, 5.41) is 3.26. The predicted molar refractivity (Wildman–Crippen MR) is 136 cm³/mol. The van der Waals surface area contributed by atoms with Crippen molar-refractivity contribution in [3.8, 4) is 5.75 Å². The second kappa shape index (κ2) is 12.4.